The van der Waals surface area contributed by atoms with Gasteiger partial charge >= 0.3 is 0 Å². The number of hydrogen-bond acceptors (Lipinski definition) is 2. The summed E-state index contributed by atoms with van der Waals surface area (Å²) in [6.07, 6.45) is 0.707. The third kappa shape index (κ3) is 1.88. The molecule has 0 saturated carbocycles. The van der Waals surface area contributed by atoms with E-state index >= 15 is 0 Å². The highest BCUT2D eigenvalue weighted by Gasteiger charge is 2.51. The molecule has 2 nitrogen and oxygen atoms in total. The van der Waals surface area contributed by atoms with Gasteiger partial charge in [0.25, 0.3) is 0 Å². The second-order valence-electron chi connectivity index (χ2n) is 6.62. The van der Waals surface area contributed by atoms with Crippen molar-refractivity contribution in [2.75, 3.05) is 0 Å². The number of fused-ring (bicyclic) bond motifs is 2. The van der Waals surface area contributed by atoms with Crippen LogP contribution in [0.4, 0.5) is 0 Å². The highest BCUT2D eigenvalue weighted by Crippen LogP contribution is 2.46. The number of Topliss-reactive ketones (excluding diaryl/α,β-unsaturated/α-hetero) is 1. The van der Waals surface area contributed by atoms with Crippen LogP contribution in [0.3, 0.4) is 0 Å². The lowest BCUT2D eigenvalue weighted by Gasteiger charge is -2.32. The van der Waals surface area contributed by atoms with Crippen molar-refractivity contribution in [3.05, 3.63) is 113 Å². The normalized spacial score (nSPS) is 17.2. The maximum Gasteiger partial charge on any atom is 0.195 e. The molecule has 2 aliphatic rings. The summed E-state index contributed by atoms with van der Waals surface area (Å²) < 4.78 is 0. The summed E-state index contributed by atoms with van der Waals surface area (Å²) in [5.41, 5.74) is 5.40. The molecule has 1 aliphatic heterocycles. The van der Waals surface area contributed by atoms with Crippen molar-refractivity contribution in [1.82, 2.24) is 5.32 Å². The predicted octanol–water partition coefficient (Wildman–Crippen LogP) is 4.07. The molecule has 120 valence electrons. The average molecular weight is 323 g/mol. The Balaban J connectivity index is 1.72. The SMILES string of the molecule is O=C1C2=C(NC1(c1ccccc1)c1ccccc1)c1ccccc1C2. The Hall–Kier alpha value is -3.13. The molecule has 0 spiro atoms. The summed E-state index contributed by atoms with van der Waals surface area (Å²) in [5, 5.41) is 3.64. The minimum atomic E-state index is -0.833. The summed E-state index contributed by atoms with van der Waals surface area (Å²) in [7, 11) is 0. The Morgan fingerprint density at radius 3 is 1.92 bits per heavy atom. The quantitative estimate of drug-likeness (QED) is 0.770. The molecule has 0 atom stereocenters. The van der Waals surface area contributed by atoms with Crippen LogP contribution >= 0.6 is 0 Å². The molecular formula is C23H17NO. The van der Waals surface area contributed by atoms with Crippen LogP contribution in [0.2, 0.25) is 0 Å². The van der Waals surface area contributed by atoms with Crippen LogP contribution in [0.15, 0.2) is 90.5 Å². The van der Waals surface area contributed by atoms with Crippen LogP contribution in [-0.2, 0) is 16.8 Å². The van der Waals surface area contributed by atoms with Crippen molar-refractivity contribution in [1.29, 1.82) is 0 Å². The molecule has 3 aromatic carbocycles. The Morgan fingerprint density at radius 1 is 0.720 bits per heavy atom. The van der Waals surface area contributed by atoms with Crippen LogP contribution in [-0.4, -0.2) is 5.78 Å². The average Bonchev–Trinajstić information content (AvgIpc) is 3.18. The fraction of sp³-hybridized carbons (Fsp3) is 0.0870. The number of hydrogen-bond donors (Lipinski definition) is 1. The van der Waals surface area contributed by atoms with Gasteiger partial charge in [0.15, 0.2) is 11.3 Å². The van der Waals surface area contributed by atoms with E-state index in [9.17, 15) is 4.79 Å². The van der Waals surface area contributed by atoms with E-state index in [-0.39, 0.29) is 5.78 Å². The Kier molecular flexibility index (Phi) is 2.95. The van der Waals surface area contributed by atoms with E-state index in [2.05, 4.69) is 17.4 Å². The van der Waals surface area contributed by atoms with Gasteiger partial charge in [-0.15, -0.1) is 0 Å². The molecule has 0 radical (unpaired) electrons. The second-order valence-corrected chi connectivity index (χ2v) is 6.62. The van der Waals surface area contributed by atoms with Gasteiger partial charge in [-0.1, -0.05) is 84.9 Å². The van der Waals surface area contributed by atoms with E-state index < -0.39 is 5.54 Å². The third-order valence-corrected chi connectivity index (χ3v) is 5.30. The third-order valence-electron chi connectivity index (χ3n) is 5.30. The monoisotopic (exact) mass is 323 g/mol. The van der Waals surface area contributed by atoms with Crippen molar-refractivity contribution in [2.45, 2.75) is 12.0 Å². The zero-order valence-corrected chi connectivity index (χ0v) is 13.7. The molecule has 25 heavy (non-hydrogen) atoms. The van der Waals surface area contributed by atoms with Gasteiger partial charge in [-0.25, -0.2) is 0 Å². The van der Waals surface area contributed by atoms with Crippen LogP contribution in [0, 0.1) is 0 Å². The molecule has 5 rings (SSSR count). The van der Waals surface area contributed by atoms with E-state index in [4.69, 9.17) is 0 Å². The van der Waals surface area contributed by atoms with Gasteiger partial charge < -0.3 is 5.32 Å². The first-order valence-electron chi connectivity index (χ1n) is 8.56. The van der Waals surface area contributed by atoms with Crippen LogP contribution < -0.4 is 5.32 Å². The van der Waals surface area contributed by atoms with Gasteiger partial charge in [0.1, 0.15) is 0 Å². The summed E-state index contributed by atoms with van der Waals surface area (Å²) in [6, 6.07) is 28.3. The Morgan fingerprint density at radius 2 is 1.28 bits per heavy atom. The van der Waals surface area contributed by atoms with E-state index in [1.165, 1.54) is 5.56 Å². The zero-order valence-electron chi connectivity index (χ0n) is 13.7. The standard InChI is InChI=1S/C23H17NO/c25-22-20-15-16-9-7-8-14-19(16)21(20)24-23(22,17-10-3-1-4-11-17)18-12-5-2-6-13-18/h1-14,24H,15H2. The van der Waals surface area contributed by atoms with Crippen molar-refractivity contribution in [2.24, 2.45) is 0 Å². The first-order valence-corrected chi connectivity index (χ1v) is 8.56. The molecule has 1 N–H and O–H groups in total. The number of carbonyl (C=O) groups excluding carboxylic acids is 1. The number of ketones is 1. The van der Waals surface area contributed by atoms with Gasteiger partial charge in [0.2, 0.25) is 0 Å². The summed E-state index contributed by atoms with van der Waals surface area (Å²) in [4.78, 5) is 13.7. The van der Waals surface area contributed by atoms with E-state index in [0.717, 1.165) is 28.0 Å². The van der Waals surface area contributed by atoms with Gasteiger partial charge in [0.05, 0.1) is 5.70 Å². The lowest BCUT2D eigenvalue weighted by atomic mass is 9.78. The second kappa shape index (κ2) is 5.18. The molecule has 1 aliphatic carbocycles. The number of rotatable bonds is 2. The van der Waals surface area contributed by atoms with Gasteiger partial charge in [-0.05, 0) is 16.7 Å². The van der Waals surface area contributed by atoms with Crippen molar-refractivity contribution >= 4 is 11.5 Å². The Bertz CT molecular complexity index is 963. The molecule has 0 saturated heterocycles. The van der Waals surface area contributed by atoms with Crippen molar-refractivity contribution in [3.63, 3.8) is 0 Å². The molecule has 2 heteroatoms. The molecule has 1 heterocycles. The minimum Gasteiger partial charge on any atom is -0.364 e. The predicted molar refractivity (Wildman–Crippen MR) is 98.9 cm³/mol. The smallest absolute Gasteiger partial charge is 0.195 e. The zero-order chi connectivity index (χ0) is 16.9. The fourth-order valence-electron chi connectivity index (χ4n) is 4.12. The number of benzene rings is 3. The van der Waals surface area contributed by atoms with Gasteiger partial charge in [-0.3, -0.25) is 4.79 Å². The lowest BCUT2D eigenvalue weighted by Crippen LogP contribution is -2.45. The van der Waals surface area contributed by atoms with E-state index in [1.807, 2.05) is 72.8 Å². The molecule has 0 bridgehead atoms. The summed E-state index contributed by atoms with van der Waals surface area (Å²) >= 11 is 0. The Labute approximate surface area is 146 Å². The highest BCUT2D eigenvalue weighted by atomic mass is 16.1. The molecular weight excluding hydrogens is 306 g/mol. The van der Waals surface area contributed by atoms with Gasteiger partial charge in [-0.2, -0.15) is 0 Å². The van der Waals surface area contributed by atoms with Crippen LogP contribution in [0.25, 0.3) is 5.70 Å². The molecule has 0 fully saturated rings. The highest BCUT2D eigenvalue weighted by molar-refractivity contribution is 6.16. The summed E-state index contributed by atoms with van der Waals surface area (Å²) in [5.74, 6) is 0.163. The lowest BCUT2D eigenvalue weighted by molar-refractivity contribution is -0.119. The van der Waals surface area contributed by atoms with E-state index in [0.29, 0.717) is 6.42 Å². The number of nitrogens with one attached hydrogen (secondary N) is 1. The van der Waals surface area contributed by atoms with Gasteiger partial charge in [0, 0.05) is 17.6 Å². The van der Waals surface area contributed by atoms with Crippen molar-refractivity contribution < 1.29 is 4.79 Å². The largest absolute Gasteiger partial charge is 0.364 e. The molecule has 3 aromatic rings. The first kappa shape index (κ1) is 14.2. The topological polar surface area (TPSA) is 29.1 Å². The van der Waals surface area contributed by atoms with Crippen molar-refractivity contribution in [3.8, 4) is 0 Å². The first-order chi connectivity index (χ1) is 12.3. The maximum atomic E-state index is 13.7. The molecule has 0 aromatic heterocycles. The van der Waals surface area contributed by atoms with Crippen LogP contribution in [0.1, 0.15) is 22.3 Å². The molecule has 0 unspecified atom stereocenters. The minimum absolute atomic E-state index is 0.163. The van der Waals surface area contributed by atoms with Crippen LogP contribution in [0.5, 0.6) is 0 Å². The van der Waals surface area contributed by atoms with E-state index in [1.54, 1.807) is 0 Å². The fourth-order valence-corrected chi connectivity index (χ4v) is 4.12. The summed E-state index contributed by atoms with van der Waals surface area (Å²) in [6.45, 7) is 0. The molecule has 0 amide bonds. The maximum absolute atomic E-state index is 13.7. The number of carbonyl (C=O) groups is 1.